The Kier molecular flexibility index (Phi) is 50.9. The first-order valence-electron chi connectivity index (χ1n) is 46.4. The molecule has 8 N–H and O–H groups in total. The Morgan fingerprint density at radius 1 is 0.372 bits per heavy atom. The van der Waals surface area contributed by atoms with Crippen molar-refractivity contribution >= 4 is 154 Å². The average molecular weight is 2140 g/mol. The first-order chi connectivity index (χ1) is 68.4. The summed E-state index contributed by atoms with van der Waals surface area (Å²) < 4.78 is 21.4. The third-order valence-electron chi connectivity index (χ3n) is 23.7. The first-order valence-corrected chi connectivity index (χ1v) is 52.0. The Morgan fingerprint density at radius 2 is 0.676 bits per heavy atom. The van der Waals surface area contributed by atoms with Crippen LogP contribution in [0.3, 0.4) is 0 Å². The van der Waals surface area contributed by atoms with Crippen LogP contribution in [0.4, 0.5) is 0 Å². The summed E-state index contributed by atoms with van der Waals surface area (Å²) in [6, 6.07) is 61.0. The number of thioether (sulfide) groups is 4. The summed E-state index contributed by atoms with van der Waals surface area (Å²) in [5.41, 5.74) is 20.6. The van der Waals surface area contributed by atoms with Crippen LogP contribution in [-0.4, -0.2) is 216 Å². The third kappa shape index (κ3) is 34.6. The van der Waals surface area contributed by atoms with Gasteiger partial charge in [0.2, 0.25) is 0 Å². The number of rotatable bonds is 28. The van der Waals surface area contributed by atoms with E-state index >= 15 is 0 Å². The normalized spacial score (nSPS) is 12.7. The maximum Gasteiger partial charge on any atom is 1.00 e. The summed E-state index contributed by atoms with van der Waals surface area (Å²) in [6.45, 7) is 32.4. The number of carbonyl (C=O) groups is 7. The van der Waals surface area contributed by atoms with Gasteiger partial charge >= 0.3 is 57.4 Å². The van der Waals surface area contributed by atoms with Gasteiger partial charge < -0.3 is 69.9 Å². The number of ketones is 1. The van der Waals surface area contributed by atoms with Crippen molar-refractivity contribution in [1.29, 1.82) is 0 Å². The molecular formula is C107H124KN13O16S8. The van der Waals surface area contributed by atoms with Gasteiger partial charge in [0.05, 0.1) is 69.2 Å². The van der Waals surface area contributed by atoms with Crippen LogP contribution in [0.1, 0.15) is 175 Å². The van der Waals surface area contributed by atoms with Gasteiger partial charge in [0.25, 0.3) is 57.3 Å². The molecule has 5 aromatic heterocycles. The SMILES string of the molecule is CC(=O)c1cc(C)n(Cc2ccccc2)c(=O)c1C.COCCOCCNC(=O)c1ccc(C(=O)N2CCSC2=S)c(C)c1C.Cc1c(C(=O)N2CCSC2=S)cc(C)n(Cc2ccccc2)c1=O.Cc1c(C(=O)N2CCSC2=S)cc(C)n(Cc2ccccc2)c1=O.Cc1c(C(=O)NCCNCCN)cc(C)n(Cc2ccccc2)c1=O.Cc1c(C(=O)O)cc(C)n(Cc2ccccc2)c1=O.S=C1NCCS1.[K+].[OH-]. The van der Waals surface area contributed by atoms with Crippen molar-refractivity contribution in [3.05, 3.63) is 380 Å². The van der Waals surface area contributed by atoms with E-state index in [2.05, 4.69) is 21.3 Å². The zero-order valence-electron chi connectivity index (χ0n) is 84.4. The van der Waals surface area contributed by atoms with Crippen LogP contribution in [0.2, 0.25) is 0 Å². The minimum atomic E-state index is -1.07. The van der Waals surface area contributed by atoms with Crippen molar-refractivity contribution < 1.29 is 105 Å². The molecule has 0 spiro atoms. The van der Waals surface area contributed by atoms with E-state index in [1.807, 2.05) is 193 Å². The van der Waals surface area contributed by atoms with Crippen molar-refractivity contribution in [3.63, 3.8) is 0 Å². The molecule has 0 bridgehead atoms. The number of aromatic nitrogens is 5. The summed E-state index contributed by atoms with van der Waals surface area (Å²) in [5, 5.41) is 20.8. The van der Waals surface area contributed by atoms with Gasteiger partial charge in [-0.1, -0.05) is 248 Å². The molecule has 29 nitrogen and oxygen atoms in total. The minimum Gasteiger partial charge on any atom is -0.870 e. The van der Waals surface area contributed by atoms with Crippen molar-refractivity contribution in [1.82, 2.24) is 58.8 Å². The van der Waals surface area contributed by atoms with Gasteiger partial charge in [0, 0.05) is 168 Å². The number of nitrogens with one attached hydrogen (secondary N) is 4. The number of hydrogen-bond donors (Lipinski definition) is 6. The molecule has 4 saturated heterocycles. The number of nitrogens with two attached hydrogens (primary N) is 1. The number of aromatic carboxylic acids is 1. The number of ether oxygens (including phenoxy) is 2. The number of hydrogen-bond acceptors (Lipinski definition) is 25. The van der Waals surface area contributed by atoms with Crippen LogP contribution < -0.4 is 106 Å². The zero-order chi connectivity index (χ0) is 104. The number of aryl methyl sites for hydroxylation is 5. The van der Waals surface area contributed by atoms with E-state index in [1.54, 1.807) is 140 Å². The molecule has 9 heterocycles. The van der Waals surface area contributed by atoms with Gasteiger partial charge in [-0.25, -0.2) is 4.79 Å². The summed E-state index contributed by atoms with van der Waals surface area (Å²) in [7, 11) is 1.61. The van der Waals surface area contributed by atoms with Gasteiger partial charge in [-0.2, -0.15) is 0 Å². The number of carboxylic acids is 1. The molecule has 0 aliphatic carbocycles. The minimum absolute atomic E-state index is 0. The molecule has 4 aliphatic rings. The molecule has 0 atom stereocenters. The first kappa shape index (κ1) is 121. The number of carbonyl (C=O) groups excluding carboxylic acids is 6. The van der Waals surface area contributed by atoms with Crippen LogP contribution in [0.15, 0.2) is 218 Å². The van der Waals surface area contributed by atoms with Crippen molar-refractivity contribution in [2.24, 2.45) is 5.73 Å². The van der Waals surface area contributed by atoms with Gasteiger partial charge in [-0.3, -0.25) is 67.4 Å². The molecule has 0 unspecified atom stereocenters. The fourth-order valence-electron chi connectivity index (χ4n) is 15.4. The van der Waals surface area contributed by atoms with Crippen LogP contribution in [-0.2, 0) is 42.2 Å². The number of carboxylic acid groups (broad SMARTS) is 1. The molecule has 15 rings (SSSR count). The molecule has 6 aromatic carbocycles. The van der Waals surface area contributed by atoms with E-state index in [9.17, 15) is 57.5 Å². The molecule has 0 saturated carbocycles. The molecule has 0 radical (unpaired) electrons. The van der Waals surface area contributed by atoms with Gasteiger partial charge in [0.15, 0.2) is 5.78 Å². The Bertz CT molecular complexity index is 6500. The van der Waals surface area contributed by atoms with Gasteiger partial charge in [0.1, 0.15) is 17.3 Å². The number of amides is 5. The average Bonchev–Trinajstić information content (AvgIpc) is 1.77. The number of benzene rings is 6. The molecule has 145 heavy (non-hydrogen) atoms. The summed E-state index contributed by atoms with van der Waals surface area (Å²) in [6.07, 6.45) is 0. The molecule has 11 aromatic rings. The quantitative estimate of drug-likeness (QED) is 0.0115. The number of thiocarbonyl (C=S) groups is 4. The predicted molar refractivity (Wildman–Crippen MR) is 594 cm³/mol. The smallest absolute Gasteiger partial charge is 0.870 e. The maximum atomic E-state index is 12.8. The molecule has 4 aliphatic heterocycles. The number of methoxy groups -OCH3 is 1. The third-order valence-corrected chi connectivity index (χ3v) is 29.3. The zero-order valence-corrected chi connectivity index (χ0v) is 94.0. The van der Waals surface area contributed by atoms with Crippen LogP contribution >= 0.6 is 95.9 Å². The largest absolute Gasteiger partial charge is 1.00 e. The van der Waals surface area contributed by atoms with E-state index in [0.29, 0.717) is 179 Å². The second kappa shape index (κ2) is 60.7. The Hall–Kier alpha value is -10.4. The summed E-state index contributed by atoms with van der Waals surface area (Å²) in [4.78, 5) is 153. The molecule has 762 valence electrons. The van der Waals surface area contributed by atoms with E-state index < -0.39 is 5.97 Å². The Morgan fingerprint density at radius 3 is 0.986 bits per heavy atom. The summed E-state index contributed by atoms with van der Waals surface area (Å²) >= 11 is 26.7. The van der Waals surface area contributed by atoms with Crippen LogP contribution in [0.25, 0.3) is 0 Å². The van der Waals surface area contributed by atoms with Crippen LogP contribution in [0.5, 0.6) is 0 Å². The van der Waals surface area contributed by atoms with Crippen molar-refractivity contribution in [2.45, 2.75) is 123 Å². The van der Waals surface area contributed by atoms with Crippen LogP contribution in [0, 0.1) is 83.1 Å². The van der Waals surface area contributed by atoms with Gasteiger partial charge in [-0.15, -0.1) is 0 Å². The topological polar surface area (TPSA) is 382 Å². The molecular weight excluding hydrogens is 2020 g/mol. The number of nitrogens with zero attached hydrogens (tertiary/aromatic N) is 8. The number of Topliss-reactive ketones (excluding diaryl/α,β-unsaturated/α-hetero) is 1. The monoisotopic (exact) mass is 2140 g/mol. The van der Waals surface area contributed by atoms with Gasteiger partial charge in [-0.05, 0) is 171 Å². The van der Waals surface area contributed by atoms with Crippen molar-refractivity contribution in [3.8, 4) is 0 Å². The van der Waals surface area contributed by atoms with E-state index in [0.717, 1.165) is 95.6 Å². The second-order valence-corrected chi connectivity index (χ2v) is 40.7. The standard InChI is InChI=1S/C19H26N4O2.C18H24N2O4S2.2C18H18N2O2S2.C16H17NO2.C15H15NO3.C3H5NS2.K.H2O/c1-14-12-17(18(24)22-11-10-21-9-8-20)15(2)19(25)23(14)13-16-6-4-3-5-7-16;1-12-13(2)15(17(22)20-7-11-26-18(20)25)5-4-14(12)16(21)19-6-8-24-10-9-23-3;2*1-12-10-15(17(22)19-8-9-24-18(19)23)13(2)16(21)20(12)11-14-6-4-3-5-7-14;1-11-9-15(13(3)18)12(2)16(19)17(11)10-14-7-5-4-6-8-14;1-10-8-13(15(18)19)11(2)14(17)16(10)9-12-6-4-3-5-7-12;5-3-4-1-2-6-3;;/h3-7,12,21H,8-11,13,20H2,1-2H3,(H,22,24);4-5H,6-11H2,1-3H3,(H,19,21);2*3-7,10H,8-9,11H2,1-2H3;4-9H,10H2,1-3H3;3-8H,9H2,1-2H3,(H,18,19);1-2H2,(H,4,5);;1H2/q;;;;;;;+1;/p-1. The maximum absolute atomic E-state index is 12.8. The molecule has 4 fully saturated rings. The Balaban J connectivity index is 0.000000233. The van der Waals surface area contributed by atoms with E-state index in [1.165, 1.54) is 42.2 Å². The molecule has 5 amide bonds. The van der Waals surface area contributed by atoms with E-state index in [4.69, 9.17) is 69.2 Å². The fraction of sp³-hybridized carbons (Fsp3) is 0.327. The summed E-state index contributed by atoms with van der Waals surface area (Å²) in [5.74, 6) is 1.64. The number of pyridine rings is 5. The Labute approximate surface area is 926 Å². The molecule has 38 heteroatoms. The van der Waals surface area contributed by atoms with Crippen molar-refractivity contribution in [2.75, 3.05) is 109 Å². The fourth-order valence-corrected chi connectivity index (χ4v) is 20.0. The van der Waals surface area contributed by atoms with E-state index in [-0.39, 0.29) is 131 Å². The predicted octanol–water partition coefficient (Wildman–Crippen LogP) is 11.3. The second-order valence-electron chi connectivity index (χ2n) is 33.7.